The summed E-state index contributed by atoms with van der Waals surface area (Å²) in [5.41, 5.74) is 1.79. The fraction of sp³-hybridized carbons (Fsp3) is 0.231. The summed E-state index contributed by atoms with van der Waals surface area (Å²) in [5.74, 6) is 0.00130. The van der Waals surface area contributed by atoms with E-state index in [0.29, 0.717) is 28.3 Å². The number of rotatable bonds is 3. The molecule has 0 atom stereocenters. The summed E-state index contributed by atoms with van der Waals surface area (Å²) < 4.78 is 5.43. The van der Waals surface area contributed by atoms with Gasteiger partial charge in [-0.1, -0.05) is 0 Å². The van der Waals surface area contributed by atoms with Gasteiger partial charge in [-0.3, -0.25) is 19.8 Å². The Morgan fingerprint density at radius 3 is 1.85 bits per heavy atom. The highest BCUT2D eigenvalue weighted by Gasteiger charge is 2.29. The summed E-state index contributed by atoms with van der Waals surface area (Å²) in [6.07, 6.45) is 1.52. The number of aromatic amines is 4. The largest absolute Gasteiger partial charge is 0.468 e. The van der Waals surface area contributed by atoms with E-state index in [1.54, 1.807) is 26.0 Å². The number of H-pyrrole nitrogens is 4. The fourth-order valence-corrected chi connectivity index (χ4v) is 2.49. The van der Waals surface area contributed by atoms with E-state index >= 15 is 0 Å². The maximum atomic E-state index is 12.0. The van der Waals surface area contributed by atoms with Gasteiger partial charge in [-0.05, 0) is 26.0 Å². The summed E-state index contributed by atoms with van der Waals surface area (Å²) >= 11 is 0. The SMILES string of the molecule is Cc1[nH][nH]c(=O)c1C(c1ccco1)c1c(C)[nH][nH]c1=O. The van der Waals surface area contributed by atoms with Crippen molar-refractivity contribution in [1.82, 2.24) is 20.4 Å². The van der Waals surface area contributed by atoms with Crippen LogP contribution in [0.2, 0.25) is 0 Å². The Hall–Kier alpha value is -2.70. The van der Waals surface area contributed by atoms with Crippen LogP contribution in [0.3, 0.4) is 0 Å². The van der Waals surface area contributed by atoms with Gasteiger partial charge in [0.05, 0.1) is 23.3 Å². The molecule has 0 aliphatic heterocycles. The van der Waals surface area contributed by atoms with E-state index in [0.717, 1.165) is 0 Å². The Labute approximate surface area is 113 Å². The van der Waals surface area contributed by atoms with Crippen molar-refractivity contribution in [2.45, 2.75) is 19.8 Å². The molecule has 0 saturated carbocycles. The molecule has 0 bridgehead atoms. The van der Waals surface area contributed by atoms with E-state index in [2.05, 4.69) is 20.4 Å². The molecule has 0 fully saturated rings. The molecule has 7 nitrogen and oxygen atoms in total. The predicted octanol–water partition coefficient (Wildman–Crippen LogP) is 1.11. The second-order valence-corrected chi connectivity index (χ2v) is 4.68. The van der Waals surface area contributed by atoms with E-state index < -0.39 is 5.92 Å². The van der Waals surface area contributed by atoms with Crippen molar-refractivity contribution in [1.29, 1.82) is 0 Å². The van der Waals surface area contributed by atoms with Crippen molar-refractivity contribution in [2.75, 3.05) is 0 Å². The minimum Gasteiger partial charge on any atom is -0.468 e. The maximum Gasteiger partial charge on any atom is 0.268 e. The molecule has 3 rings (SSSR count). The van der Waals surface area contributed by atoms with Crippen LogP contribution in [0.25, 0.3) is 0 Å². The Kier molecular flexibility index (Phi) is 2.74. The first-order valence-corrected chi connectivity index (χ1v) is 6.17. The third-order valence-corrected chi connectivity index (χ3v) is 3.43. The van der Waals surface area contributed by atoms with Crippen LogP contribution >= 0.6 is 0 Å². The summed E-state index contributed by atoms with van der Waals surface area (Å²) in [6.45, 7) is 3.55. The number of hydrogen-bond donors (Lipinski definition) is 4. The first-order valence-electron chi connectivity index (χ1n) is 6.17. The predicted molar refractivity (Wildman–Crippen MR) is 72.0 cm³/mol. The lowest BCUT2D eigenvalue weighted by Crippen LogP contribution is -2.19. The maximum absolute atomic E-state index is 12.0. The fourth-order valence-electron chi connectivity index (χ4n) is 2.49. The minimum absolute atomic E-state index is 0.260. The van der Waals surface area contributed by atoms with Crippen molar-refractivity contribution >= 4 is 0 Å². The van der Waals surface area contributed by atoms with Gasteiger partial charge in [0.2, 0.25) is 0 Å². The highest BCUT2D eigenvalue weighted by atomic mass is 16.3. The molecule has 3 aromatic rings. The third-order valence-electron chi connectivity index (χ3n) is 3.43. The van der Waals surface area contributed by atoms with Gasteiger partial charge < -0.3 is 14.6 Å². The van der Waals surface area contributed by atoms with Crippen LogP contribution in [0, 0.1) is 13.8 Å². The van der Waals surface area contributed by atoms with Crippen LogP contribution in [-0.4, -0.2) is 20.4 Å². The lowest BCUT2D eigenvalue weighted by Gasteiger charge is -2.12. The smallest absolute Gasteiger partial charge is 0.268 e. The normalized spacial score (nSPS) is 11.3. The molecular formula is C13H14N4O3. The summed E-state index contributed by atoms with van der Waals surface area (Å²) in [5, 5.41) is 10.6. The highest BCUT2D eigenvalue weighted by molar-refractivity contribution is 5.41. The molecule has 0 aromatic carbocycles. The summed E-state index contributed by atoms with van der Waals surface area (Å²) in [6, 6.07) is 3.48. The number of hydrogen-bond acceptors (Lipinski definition) is 3. The van der Waals surface area contributed by atoms with Crippen LogP contribution in [-0.2, 0) is 0 Å². The molecule has 0 saturated heterocycles. The topological polar surface area (TPSA) is 110 Å². The second-order valence-electron chi connectivity index (χ2n) is 4.68. The average Bonchev–Trinajstić information content (AvgIpc) is 3.11. The summed E-state index contributed by atoms with van der Waals surface area (Å²) in [7, 11) is 0. The lowest BCUT2D eigenvalue weighted by molar-refractivity contribution is 0.501. The van der Waals surface area contributed by atoms with Crippen LogP contribution in [0.15, 0.2) is 32.4 Å². The Morgan fingerprint density at radius 2 is 1.50 bits per heavy atom. The quantitative estimate of drug-likeness (QED) is 0.574. The van der Waals surface area contributed by atoms with Crippen LogP contribution in [0.5, 0.6) is 0 Å². The molecule has 0 aliphatic rings. The van der Waals surface area contributed by atoms with E-state index in [9.17, 15) is 9.59 Å². The second kappa shape index (κ2) is 4.44. The van der Waals surface area contributed by atoms with Crippen molar-refractivity contribution in [3.8, 4) is 0 Å². The monoisotopic (exact) mass is 274 g/mol. The average molecular weight is 274 g/mol. The van der Waals surface area contributed by atoms with Crippen LogP contribution < -0.4 is 11.1 Å². The van der Waals surface area contributed by atoms with E-state index in [1.807, 2.05) is 0 Å². The first-order chi connectivity index (χ1) is 9.59. The molecule has 0 amide bonds. The van der Waals surface area contributed by atoms with Gasteiger partial charge in [0, 0.05) is 11.4 Å². The zero-order valence-corrected chi connectivity index (χ0v) is 11.0. The molecule has 3 heterocycles. The Bertz CT molecular complexity index is 777. The van der Waals surface area contributed by atoms with Crippen LogP contribution in [0.4, 0.5) is 0 Å². The van der Waals surface area contributed by atoms with Gasteiger partial charge in [-0.2, -0.15) is 0 Å². The standard InChI is InChI=1S/C13H14N4O3/c1-6-9(12(18)16-14-6)11(8-4-3-5-20-8)10-7(2)15-17-13(10)19/h3-5,11H,1-2H3,(H2,14,16,18)(H2,15,17,19). The zero-order valence-electron chi connectivity index (χ0n) is 11.0. The molecule has 0 spiro atoms. The Morgan fingerprint density at radius 1 is 0.950 bits per heavy atom. The number of nitrogens with one attached hydrogen (secondary N) is 4. The van der Waals surface area contributed by atoms with Gasteiger partial charge in [0.1, 0.15) is 5.76 Å². The molecule has 0 unspecified atom stereocenters. The third kappa shape index (κ3) is 1.75. The van der Waals surface area contributed by atoms with Gasteiger partial charge in [-0.15, -0.1) is 0 Å². The van der Waals surface area contributed by atoms with Gasteiger partial charge >= 0.3 is 0 Å². The number of furan rings is 1. The molecule has 0 radical (unpaired) electrons. The van der Waals surface area contributed by atoms with Gasteiger partial charge in [0.15, 0.2) is 0 Å². The van der Waals surface area contributed by atoms with Gasteiger partial charge in [-0.25, -0.2) is 0 Å². The molecule has 104 valence electrons. The lowest BCUT2D eigenvalue weighted by atomic mass is 9.89. The van der Waals surface area contributed by atoms with E-state index in [-0.39, 0.29) is 11.1 Å². The van der Waals surface area contributed by atoms with E-state index in [4.69, 9.17) is 4.42 Å². The van der Waals surface area contributed by atoms with Gasteiger partial charge in [0.25, 0.3) is 11.1 Å². The van der Waals surface area contributed by atoms with Crippen LogP contribution in [0.1, 0.15) is 34.2 Å². The number of aromatic nitrogens is 4. The van der Waals surface area contributed by atoms with Crippen molar-refractivity contribution in [2.24, 2.45) is 0 Å². The molecular weight excluding hydrogens is 260 g/mol. The van der Waals surface area contributed by atoms with Crippen molar-refractivity contribution in [3.05, 3.63) is 67.4 Å². The Balaban J connectivity index is 2.31. The number of aryl methyl sites for hydroxylation is 2. The molecule has 0 aliphatic carbocycles. The minimum atomic E-state index is -0.546. The molecule has 3 aromatic heterocycles. The zero-order chi connectivity index (χ0) is 14.3. The van der Waals surface area contributed by atoms with E-state index in [1.165, 1.54) is 6.26 Å². The van der Waals surface area contributed by atoms with Crippen molar-refractivity contribution in [3.63, 3.8) is 0 Å². The first kappa shape index (κ1) is 12.3. The molecule has 20 heavy (non-hydrogen) atoms. The highest BCUT2D eigenvalue weighted by Crippen LogP contribution is 2.30. The summed E-state index contributed by atoms with van der Waals surface area (Å²) in [4.78, 5) is 24.1. The molecule has 4 N–H and O–H groups in total. The van der Waals surface area contributed by atoms with Crippen molar-refractivity contribution < 1.29 is 4.42 Å². The molecule has 7 heteroatoms.